The van der Waals surface area contributed by atoms with Gasteiger partial charge in [0.25, 0.3) is 0 Å². The van der Waals surface area contributed by atoms with Crippen molar-refractivity contribution in [3.8, 4) is 0 Å². The van der Waals surface area contributed by atoms with Crippen LogP contribution < -0.4 is 0 Å². The van der Waals surface area contributed by atoms with Gasteiger partial charge < -0.3 is 18.9 Å². The molecule has 2 unspecified atom stereocenters. The highest BCUT2D eigenvalue weighted by atomic mass is 31.2. The number of quaternary nitrogens is 1. The highest BCUT2D eigenvalue weighted by Gasteiger charge is 2.27. The van der Waals surface area contributed by atoms with Crippen LogP contribution in [0.2, 0.25) is 0 Å². The average molecular weight is 1280 g/mol. The second-order valence-corrected chi connectivity index (χ2v) is 27.4. The molecule has 0 saturated carbocycles. The molecule has 10 heteroatoms. The third kappa shape index (κ3) is 73.5. The molecule has 0 radical (unpaired) electrons. The predicted octanol–water partition coefficient (Wildman–Crippen LogP) is 24.6. The van der Waals surface area contributed by atoms with E-state index in [1.54, 1.807) is 0 Å². The molecule has 0 bridgehead atoms. The number of nitrogens with zero attached hydrogens (tertiary/aromatic N) is 1. The van der Waals surface area contributed by atoms with Crippen molar-refractivity contribution >= 4 is 19.8 Å². The fraction of sp³-hybridized carbons (Fsp3) is 0.725. The third-order valence-electron chi connectivity index (χ3n) is 16.0. The SMILES string of the molecule is CC/C=C\C/C=C\C/C=C\C/C=C\C/C=C\C/C=C\C/C=C\CCCCCCCCCCCCCCCCCC(=O)OC(COC(=O)CCCCCCCCCCCCCCCC/C=C\C/C=C\C/C=C\CCCCCCC)COP(=O)(O)OCC[N+](C)(C)C. The quantitative estimate of drug-likeness (QED) is 0.0211. The second kappa shape index (κ2) is 69.7. The van der Waals surface area contributed by atoms with Crippen molar-refractivity contribution < 1.29 is 42.1 Å². The summed E-state index contributed by atoms with van der Waals surface area (Å²) in [6.07, 6.45) is 100. The Morgan fingerprint density at radius 2 is 0.633 bits per heavy atom. The first-order chi connectivity index (χ1) is 44.0. The maximum Gasteiger partial charge on any atom is 0.472 e. The van der Waals surface area contributed by atoms with Gasteiger partial charge in [-0.05, 0) is 109 Å². The van der Waals surface area contributed by atoms with Gasteiger partial charge in [-0.3, -0.25) is 18.6 Å². The van der Waals surface area contributed by atoms with Gasteiger partial charge in [-0.1, -0.05) is 322 Å². The maximum absolute atomic E-state index is 12.9. The van der Waals surface area contributed by atoms with Crippen molar-refractivity contribution in [2.24, 2.45) is 0 Å². The van der Waals surface area contributed by atoms with E-state index in [-0.39, 0.29) is 32.0 Å². The van der Waals surface area contributed by atoms with Crippen molar-refractivity contribution in [3.05, 3.63) is 122 Å². The van der Waals surface area contributed by atoms with Crippen LogP contribution in [0.1, 0.15) is 322 Å². The Hall–Kier alpha value is -3.59. The zero-order valence-electron chi connectivity index (χ0n) is 59.1. The number of likely N-dealkylation sites (N-methyl/N-ethyl adjacent to an activating group) is 1. The minimum absolute atomic E-state index is 0.0283. The van der Waals surface area contributed by atoms with E-state index in [4.69, 9.17) is 18.5 Å². The van der Waals surface area contributed by atoms with Gasteiger partial charge in [-0.15, -0.1) is 0 Å². The number of rotatable bonds is 68. The van der Waals surface area contributed by atoms with E-state index in [0.29, 0.717) is 17.4 Å². The van der Waals surface area contributed by atoms with E-state index in [0.717, 1.165) is 96.3 Å². The lowest BCUT2D eigenvalue weighted by atomic mass is 10.0. The summed E-state index contributed by atoms with van der Waals surface area (Å²) in [6.45, 7) is 4.33. The Kier molecular flexibility index (Phi) is 67.0. The smallest absolute Gasteiger partial charge is 0.462 e. The minimum Gasteiger partial charge on any atom is -0.462 e. The van der Waals surface area contributed by atoms with Crippen LogP contribution in [0.15, 0.2) is 122 Å². The number of hydrogen-bond donors (Lipinski definition) is 1. The van der Waals surface area contributed by atoms with E-state index in [1.807, 2.05) is 21.1 Å². The average Bonchev–Trinajstić information content (AvgIpc) is 3.58. The number of carbonyl (C=O) groups excluding carboxylic acids is 2. The first kappa shape index (κ1) is 86.4. The molecule has 0 aromatic carbocycles. The molecule has 90 heavy (non-hydrogen) atoms. The largest absolute Gasteiger partial charge is 0.472 e. The third-order valence-corrected chi connectivity index (χ3v) is 17.0. The normalized spacial score (nSPS) is 13.8. The van der Waals surface area contributed by atoms with Crippen molar-refractivity contribution in [3.63, 3.8) is 0 Å². The topological polar surface area (TPSA) is 108 Å². The second-order valence-electron chi connectivity index (χ2n) is 25.9. The monoisotopic (exact) mass is 1280 g/mol. The van der Waals surface area contributed by atoms with Crippen LogP contribution in [0.3, 0.4) is 0 Å². The van der Waals surface area contributed by atoms with Crippen molar-refractivity contribution in [2.75, 3.05) is 47.5 Å². The molecule has 0 saturated heterocycles. The molecule has 0 heterocycles. The van der Waals surface area contributed by atoms with Crippen LogP contribution in [0, 0.1) is 0 Å². The van der Waals surface area contributed by atoms with Crippen LogP contribution in [0.4, 0.5) is 0 Å². The molecule has 0 aliphatic heterocycles. The van der Waals surface area contributed by atoms with Gasteiger partial charge in [0.2, 0.25) is 0 Å². The molecule has 518 valence electrons. The predicted molar refractivity (Wildman–Crippen MR) is 390 cm³/mol. The molecular weight excluding hydrogens is 1130 g/mol. The van der Waals surface area contributed by atoms with Gasteiger partial charge in [0.05, 0.1) is 27.7 Å². The first-order valence-electron chi connectivity index (χ1n) is 37.3. The maximum atomic E-state index is 12.9. The summed E-state index contributed by atoms with van der Waals surface area (Å²) in [6, 6.07) is 0. The van der Waals surface area contributed by atoms with Crippen molar-refractivity contribution in [1.82, 2.24) is 0 Å². The van der Waals surface area contributed by atoms with Gasteiger partial charge in [-0.2, -0.15) is 0 Å². The summed E-state index contributed by atoms with van der Waals surface area (Å²) < 4.78 is 34.8. The lowest BCUT2D eigenvalue weighted by Gasteiger charge is -2.24. The van der Waals surface area contributed by atoms with E-state index < -0.39 is 26.5 Å². The van der Waals surface area contributed by atoms with E-state index in [2.05, 4.69) is 135 Å². The molecule has 0 aromatic heterocycles. The number of allylic oxidation sites excluding steroid dienone is 20. The Morgan fingerprint density at radius 1 is 0.356 bits per heavy atom. The van der Waals surface area contributed by atoms with Gasteiger partial charge in [0, 0.05) is 12.8 Å². The lowest BCUT2D eigenvalue weighted by Crippen LogP contribution is -2.37. The zero-order chi connectivity index (χ0) is 65.5. The molecule has 0 aliphatic carbocycles. The van der Waals surface area contributed by atoms with Gasteiger partial charge in [-0.25, -0.2) is 4.57 Å². The molecule has 0 spiro atoms. The summed E-state index contributed by atoms with van der Waals surface area (Å²) in [5.41, 5.74) is 0. The molecule has 0 aromatic rings. The molecule has 0 aliphatic rings. The first-order valence-corrected chi connectivity index (χ1v) is 38.8. The fourth-order valence-electron chi connectivity index (χ4n) is 10.3. The fourth-order valence-corrected chi connectivity index (χ4v) is 11.0. The number of hydrogen-bond acceptors (Lipinski definition) is 7. The van der Waals surface area contributed by atoms with Gasteiger partial charge >= 0.3 is 19.8 Å². The summed E-state index contributed by atoms with van der Waals surface area (Å²) in [7, 11) is 1.48. The number of esters is 2. The van der Waals surface area contributed by atoms with Crippen molar-refractivity contribution in [1.29, 1.82) is 0 Å². The van der Waals surface area contributed by atoms with E-state index >= 15 is 0 Å². The number of phosphoric ester groups is 1. The lowest BCUT2D eigenvalue weighted by molar-refractivity contribution is -0.870. The Morgan fingerprint density at radius 3 is 0.944 bits per heavy atom. The molecular formula is C80H141NO8P+. The van der Waals surface area contributed by atoms with Crippen LogP contribution >= 0.6 is 7.82 Å². The highest BCUT2D eigenvalue weighted by Crippen LogP contribution is 2.43. The zero-order valence-corrected chi connectivity index (χ0v) is 60.0. The molecule has 9 nitrogen and oxygen atoms in total. The van der Waals surface area contributed by atoms with Crippen molar-refractivity contribution in [2.45, 2.75) is 328 Å². The molecule has 1 N–H and O–H groups in total. The summed E-state index contributed by atoms with van der Waals surface area (Å²) in [5, 5.41) is 0. The van der Waals surface area contributed by atoms with Gasteiger partial charge in [0.1, 0.15) is 19.8 Å². The molecule has 0 amide bonds. The molecule has 0 rings (SSSR count). The molecule has 0 fully saturated rings. The number of ether oxygens (including phenoxy) is 2. The van der Waals surface area contributed by atoms with E-state index in [1.165, 1.54) is 193 Å². The summed E-state index contributed by atoms with van der Waals surface area (Å²) in [5.74, 6) is -0.792. The van der Waals surface area contributed by atoms with Crippen LogP contribution in [-0.4, -0.2) is 74.9 Å². The summed E-state index contributed by atoms with van der Waals surface area (Å²) >= 11 is 0. The summed E-state index contributed by atoms with van der Waals surface area (Å²) in [4.78, 5) is 35.9. The Bertz CT molecular complexity index is 1940. The minimum atomic E-state index is -4.40. The van der Waals surface area contributed by atoms with E-state index in [9.17, 15) is 19.0 Å². The number of phosphoric acid groups is 1. The van der Waals surface area contributed by atoms with Crippen LogP contribution in [0.5, 0.6) is 0 Å². The standard InChI is InChI=1S/C80H140NO8P/c1-6-8-10-12-14-16-18-20-22-24-26-28-30-32-34-36-37-38-39-40-41-42-43-45-47-49-51-53-55-57-59-61-63-65-67-69-71-73-80(83)89-78(77-88-90(84,85)87-75-74-81(3,4)5)76-86-79(82)72-70-68-66-64-62-60-58-56-54-52-50-48-46-44-35-33-31-29-27-25-23-21-19-17-15-13-11-9-7-2/h8,10,14,16,19-22,25-28,31-34,37-38,40-41,78H,6-7,9,11-13,15,17-18,23-24,29-30,35-36,39,42-77H2,1-5H3/p+1/b10-8-,16-14-,21-19-,22-20-,27-25-,28-26-,33-31-,34-32-,38-37-,41-40-. The number of unbranched alkanes of at least 4 members (excludes halogenated alkanes) is 34. The number of carbonyl (C=O) groups is 2. The molecule has 2 atom stereocenters. The Balaban J connectivity index is 4.03. The Labute approximate surface area is 556 Å². The van der Waals surface area contributed by atoms with Crippen LogP contribution in [-0.2, 0) is 32.7 Å². The van der Waals surface area contributed by atoms with Gasteiger partial charge in [0.15, 0.2) is 6.10 Å². The van der Waals surface area contributed by atoms with Crippen LogP contribution in [0.25, 0.3) is 0 Å². The highest BCUT2D eigenvalue weighted by molar-refractivity contribution is 7.47.